The van der Waals surface area contributed by atoms with E-state index in [4.69, 9.17) is 0 Å². The van der Waals surface area contributed by atoms with Crippen molar-refractivity contribution in [1.29, 1.82) is 0 Å². The molecule has 0 spiro atoms. The van der Waals surface area contributed by atoms with Crippen LogP contribution in [-0.4, -0.2) is 76.1 Å². The Balaban J connectivity index is 1.20. The molecule has 2 aliphatic heterocycles. The zero-order valence-electron chi connectivity index (χ0n) is 16.0. The summed E-state index contributed by atoms with van der Waals surface area (Å²) in [5.41, 5.74) is 3.38. The van der Waals surface area contributed by atoms with Crippen LogP contribution in [0, 0.1) is 6.92 Å². The molecule has 0 unspecified atom stereocenters. The van der Waals surface area contributed by atoms with Gasteiger partial charge in [-0.25, -0.2) is 0 Å². The number of hydrogen-bond donors (Lipinski definition) is 0. The van der Waals surface area contributed by atoms with Gasteiger partial charge in [-0.3, -0.25) is 14.6 Å². The average Bonchev–Trinajstić information content (AvgIpc) is 2.97. The highest BCUT2D eigenvalue weighted by molar-refractivity contribution is 7.19. The minimum atomic E-state index is 0.295. The number of aromatic nitrogens is 2. The van der Waals surface area contributed by atoms with Crippen LogP contribution in [0.15, 0.2) is 6.07 Å². The van der Waals surface area contributed by atoms with Crippen LogP contribution in [0.4, 0.5) is 0 Å². The summed E-state index contributed by atoms with van der Waals surface area (Å²) in [6.07, 6.45) is 5.05. The van der Waals surface area contributed by atoms with Crippen LogP contribution >= 0.6 is 11.3 Å². The summed E-state index contributed by atoms with van der Waals surface area (Å²) in [5, 5.41) is 8.63. The molecular weight excluding hydrogens is 358 g/mol. The van der Waals surface area contributed by atoms with Gasteiger partial charge in [0.25, 0.3) is 0 Å². The average molecular weight is 386 g/mol. The first-order valence-corrected chi connectivity index (χ1v) is 11.0. The van der Waals surface area contributed by atoms with Gasteiger partial charge in [-0.05, 0) is 37.8 Å². The number of amides is 1. The van der Waals surface area contributed by atoms with E-state index in [9.17, 15) is 4.79 Å². The number of piperazine rings is 1. The number of nitrogens with zero attached hydrogens (tertiary/aromatic N) is 5. The minimum Gasteiger partial charge on any atom is -0.339 e. The number of rotatable bonds is 3. The minimum absolute atomic E-state index is 0.295. The molecule has 6 nitrogen and oxygen atoms in total. The molecule has 2 aromatic heterocycles. The van der Waals surface area contributed by atoms with Gasteiger partial charge >= 0.3 is 0 Å². The van der Waals surface area contributed by atoms with Crippen LogP contribution < -0.4 is 0 Å². The molecule has 0 N–H and O–H groups in total. The largest absolute Gasteiger partial charge is 0.339 e. The third-order valence-corrected chi connectivity index (χ3v) is 7.55. The van der Waals surface area contributed by atoms with E-state index in [0.717, 1.165) is 62.9 Å². The second-order valence-electron chi connectivity index (χ2n) is 8.16. The molecule has 1 aliphatic carbocycles. The van der Waals surface area contributed by atoms with Crippen molar-refractivity contribution in [3.8, 4) is 0 Å². The molecule has 144 valence electrons. The third kappa shape index (κ3) is 3.37. The summed E-state index contributed by atoms with van der Waals surface area (Å²) < 4.78 is 1.23. The second-order valence-corrected chi connectivity index (χ2v) is 9.30. The van der Waals surface area contributed by atoms with E-state index in [-0.39, 0.29) is 0 Å². The Labute approximate surface area is 164 Å². The Hall–Kier alpha value is -1.57. The highest BCUT2D eigenvalue weighted by Gasteiger charge is 2.30. The Kier molecular flexibility index (Phi) is 4.61. The zero-order chi connectivity index (χ0) is 18.4. The van der Waals surface area contributed by atoms with Crippen LogP contribution in [0.5, 0.6) is 0 Å². The van der Waals surface area contributed by atoms with E-state index in [1.165, 1.54) is 34.4 Å². The van der Waals surface area contributed by atoms with Gasteiger partial charge in [-0.15, -0.1) is 16.4 Å². The summed E-state index contributed by atoms with van der Waals surface area (Å²) >= 11 is 1.82. The van der Waals surface area contributed by atoms with Gasteiger partial charge in [0.2, 0.25) is 5.91 Å². The molecule has 1 saturated carbocycles. The number of thiophene rings is 1. The van der Waals surface area contributed by atoms with Crippen LogP contribution in [0.3, 0.4) is 0 Å². The molecule has 4 heterocycles. The lowest BCUT2D eigenvalue weighted by molar-refractivity contribution is -0.135. The first-order valence-electron chi connectivity index (χ1n) is 10.2. The van der Waals surface area contributed by atoms with E-state index >= 15 is 0 Å². The molecular formula is C20H27N5OS. The fourth-order valence-electron chi connectivity index (χ4n) is 4.53. The summed E-state index contributed by atoms with van der Waals surface area (Å²) in [4.78, 5) is 21.1. The first kappa shape index (κ1) is 17.5. The van der Waals surface area contributed by atoms with Crippen molar-refractivity contribution in [2.45, 2.75) is 45.2 Å². The molecule has 27 heavy (non-hydrogen) atoms. The van der Waals surface area contributed by atoms with E-state index < -0.39 is 0 Å². The van der Waals surface area contributed by atoms with Crippen molar-refractivity contribution in [2.75, 3.05) is 39.3 Å². The van der Waals surface area contributed by atoms with Gasteiger partial charge in [-0.1, -0.05) is 6.42 Å². The SMILES string of the molecule is Cc1cc2sc3c(c2nn1)CCN(CC(=O)N1CCN(C2CCC2)CC1)C3. The van der Waals surface area contributed by atoms with Crippen LogP contribution in [-0.2, 0) is 17.8 Å². The molecule has 5 rings (SSSR count). The quantitative estimate of drug-likeness (QED) is 0.809. The van der Waals surface area contributed by atoms with E-state index in [2.05, 4.69) is 31.0 Å². The van der Waals surface area contributed by atoms with Crippen molar-refractivity contribution in [3.05, 3.63) is 22.2 Å². The lowest BCUT2D eigenvalue weighted by Gasteiger charge is -2.43. The van der Waals surface area contributed by atoms with Gasteiger partial charge in [0.05, 0.1) is 16.9 Å². The second kappa shape index (κ2) is 7.11. The number of hydrogen-bond acceptors (Lipinski definition) is 6. The van der Waals surface area contributed by atoms with Gasteiger partial charge in [0.15, 0.2) is 0 Å². The smallest absolute Gasteiger partial charge is 0.236 e. The normalized spacial score (nSPS) is 22.0. The maximum absolute atomic E-state index is 12.8. The Morgan fingerprint density at radius 2 is 2.00 bits per heavy atom. The standard InChI is InChI=1S/C20H27N5OS/c1-14-11-17-20(22-21-14)16-5-6-23(12-18(16)27-17)13-19(26)25-9-7-24(8-10-25)15-3-2-4-15/h11,15H,2-10,12-13H2,1H3. The van der Waals surface area contributed by atoms with Crippen LogP contribution in [0.25, 0.3) is 10.2 Å². The molecule has 1 saturated heterocycles. The topological polar surface area (TPSA) is 52.6 Å². The predicted octanol–water partition coefficient (Wildman–Crippen LogP) is 2.05. The molecule has 0 bridgehead atoms. The highest BCUT2D eigenvalue weighted by atomic mass is 32.1. The van der Waals surface area contributed by atoms with Gasteiger partial charge in [0, 0.05) is 50.2 Å². The first-order chi connectivity index (χ1) is 13.2. The molecule has 2 aromatic rings. The predicted molar refractivity (Wildman–Crippen MR) is 107 cm³/mol. The summed E-state index contributed by atoms with van der Waals surface area (Å²) in [5.74, 6) is 0.295. The Bertz CT molecular complexity index is 853. The van der Waals surface area contributed by atoms with E-state index in [0.29, 0.717) is 12.5 Å². The molecule has 2 fully saturated rings. The highest BCUT2D eigenvalue weighted by Crippen LogP contribution is 2.34. The molecule has 0 atom stereocenters. The summed E-state index contributed by atoms with van der Waals surface area (Å²) in [6.45, 7) is 8.22. The Morgan fingerprint density at radius 3 is 2.74 bits per heavy atom. The van der Waals surface area contributed by atoms with E-state index in [1.54, 1.807) is 0 Å². The number of carbonyl (C=O) groups excluding carboxylic acids is 1. The van der Waals surface area contributed by atoms with Gasteiger partial charge in [0.1, 0.15) is 5.52 Å². The van der Waals surface area contributed by atoms with Crippen molar-refractivity contribution in [1.82, 2.24) is 24.9 Å². The fourth-order valence-corrected chi connectivity index (χ4v) is 5.86. The molecule has 1 amide bonds. The lowest BCUT2D eigenvalue weighted by atomic mass is 9.91. The molecule has 0 radical (unpaired) electrons. The lowest BCUT2D eigenvalue weighted by Crippen LogP contribution is -2.55. The fraction of sp³-hybridized carbons (Fsp3) is 0.650. The van der Waals surface area contributed by atoms with Gasteiger partial charge in [-0.2, -0.15) is 5.10 Å². The van der Waals surface area contributed by atoms with Crippen molar-refractivity contribution < 1.29 is 4.79 Å². The number of fused-ring (bicyclic) bond motifs is 3. The summed E-state index contributed by atoms with van der Waals surface area (Å²) in [7, 11) is 0. The zero-order valence-corrected chi connectivity index (χ0v) is 16.8. The van der Waals surface area contributed by atoms with Crippen LogP contribution in [0.1, 0.15) is 35.4 Å². The molecule has 0 aromatic carbocycles. The van der Waals surface area contributed by atoms with Gasteiger partial charge < -0.3 is 4.90 Å². The maximum Gasteiger partial charge on any atom is 0.236 e. The van der Waals surface area contributed by atoms with E-state index in [1.807, 2.05) is 18.3 Å². The molecule has 3 aliphatic rings. The molecule has 7 heteroatoms. The monoisotopic (exact) mass is 385 g/mol. The summed E-state index contributed by atoms with van der Waals surface area (Å²) in [6, 6.07) is 2.92. The van der Waals surface area contributed by atoms with Crippen LogP contribution in [0.2, 0.25) is 0 Å². The number of carbonyl (C=O) groups is 1. The Morgan fingerprint density at radius 1 is 1.19 bits per heavy atom. The number of aryl methyl sites for hydroxylation is 1. The third-order valence-electron chi connectivity index (χ3n) is 6.40. The van der Waals surface area contributed by atoms with Crippen molar-refractivity contribution in [2.24, 2.45) is 0 Å². The van der Waals surface area contributed by atoms with Crippen molar-refractivity contribution in [3.63, 3.8) is 0 Å². The maximum atomic E-state index is 12.8. The van der Waals surface area contributed by atoms with Crippen molar-refractivity contribution >= 4 is 27.5 Å².